The number of rotatable bonds is 5. The van der Waals surface area contributed by atoms with Gasteiger partial charge in [-0.2, -0.15) is 0 Å². The molecule has 1 saturated heterocycles. The lowest BCUT2D eigenvalue weighted by Crippen LogP contribution is -2.45. The molecular weight excluding hydrogens is 410 g/mol. The fourth-order valence-corrected chi connectivity index (χ4v) is 5.32. The zero-order chi connectivity index (χ0) is 20.4. The third-order valence-electron chi connectivity index (χ3n) is 5.05. The van der Waals surface area contributed by atoms with Crippen LogP contribution in [-0.2, 0) is 20.9 Å². The maximum absolute atomic E-state index is 13.1. The van der Waals surface area contributed by atoms with E-state index in [0.717, 1.165) is 23.3 Å². The monoisotopic (exact) mass is 431 g/mol. The molecule has 4 heterocycles. The van der Waals surface area contributed by atoms with E-state index in [9.17, 15) is 14.4 Å². The maximum Gasteiger partial charge on any atom is 0.310 e. The second-order valence-electron chi connectivity index (χ2n) is 6.92. The van der Waals surface area contributed by atoms with Crippen LogP contribution >= 0.6 is 22.7 Å². The Morgan fingerprint density at radius 1 is 1.34 bits per heavy atom. The predicted molar refractivity (Wildman–Crippen MR) is 113 cm³/mol. The quantitative estimate of drug-likeness (QED) is 0.580. The van der Waals surface area contributed by atoms with Crippen LogP contribution in [0.5, 0.6) is 0 Å². The van der Waals surface area contributed by atoms with E-state index in [4.69, 9.17) is 4.74 Å². The number of aromatic nitrogens is 2. The SMILES string of the molecule is CCOC(=O)C1CCCN(C(=O)Cn2cnc3scc(-c4cccs4)c3c2=O)C1. The fourth-order valence-electron chi connectivity index (χ4n) is 3.60. The Morgan fingerprint density at radius 3 is 2.97 bits per heavy atom. The van der Waals surface area contributed by atoms with Crippen LogP contribution in [0, 0.1) is 5.92 Å². The van der Waals surface area contributed by atoms with E-state index in [-0.39, 0.29) is 29.9 Å². The molecule has 0 N–H and O–H groups in total. The number of thiophene rings is 2. The molecule has 0 bridgehead atoms. The van der Waals surface area contributed by atoms with Crippen molar-refractivity contribution in [3.63, 3.8) is 0 Å². The average molecular weight is 432 g/mol. The summed E-state index contributed by atoms with van der Waals surface area (Å²) in [4.78, 5) is 45.6. The first-order chi connectivity index (χ1) is 14.1. The van der Waals surface area contributed by atoms with Crippen molar-refractivity contribution in [3.8, 4) is 10.4 Å². The van der Waals surface area contributed by atoms with Crippen LogP contribution in [0.25, 0.3) is 20.7 Å². The number of hydrogen-bond donors (Lipinski definition) is 0. The van der Waals surface area contributed by atoms with Crippen molar-refractivity contribution in [2.75, 3.05) is 19.7 Å². The van der Waals surface area contributed by atoms with Crippen molar-refractivity contribution in [3.05, 3.63) is 39.6 Å². The lowest BCUT2D eigenvalue weighted by Gasteiger charge is -2.31. The molecule has 0 spiro atoms. The molecule has 4 rings (SSSR count). The summed E-state index contributed by atoms with van der Waals surface area (Å²) in [5, 5.41) is 4.45. The molecule has 1 atom stereocenters. The van der Waals surface area contributed by atoms with Crippen LogP contribution in [-0.4, -0.2) is 46.0 Å². The molecule has 1 unspecified atom stereocenters. The Morgan fingerprint density at radius 2 is 2.21 bits per heavy atom. The smallest absolute Gasteiger partial charge is 0.310 e. The summed E-state index contributed by atoms with van der Waals surface area (Å²) in [7, 11) is 0. The largest absolute Gasteiger partial charge is 0.466 e. The lowest BCUT2D eigenvalue weighted by atomic mass is 9.98. The first-order valence-corrected chi connectivity index (χ1v) is 11.3. The van der Waals surface area contributed by atoms with Crippen LogP contribution in [0.3, 0.4) is 0 Å². The highest BCUT2D eigenvalue weighted by Gasteiger charge is 2.29. The summed E-state index contributed by atoms with van der Waals surface area (Å²) in [6.07, 6.45) is 2.90. The van der Waals surface area contributed by atoms with Crippen LogP contribution < -0.4 is 5.56 Å². The molecular formula is C20H21N3O4S2. The molecule has 0 saturated carbocycles. The van der Waals surface area contributed by atoms with Gasteiger partial charge in [0.15, 0.2) is 0 Å². The van der Waals surface area contributed by atoms with Gasteiger partial charge in [0.2, 0.25) is 5.91 Å². The average Bonchev–Trinajstić information content (AvgIpc) is 3.40. The van der Waals surface area contributed by atoms with Crippen LogP contribution in [0.15, 0.2) is 34.0 Å². The Labute approximate surface area is 175 Å². The first-order valence-electron chi connectivity index (χ1n) is 9.53. The molecule has 9 heteroatoms. The van der Waals surface area contributed by atoms with Gasteiger partial charge in [-0.15, -0.1) is 22.7 Å². The van der Waals surface area contributed by atoms with Gasteiger partial charge in [0.05, 0.1) is 24.2 Å². The van der Waals surface area contributed by atoms with Crippen molar-refractivity contribution >= 4 is 44.8 Å². The van der Waals surface area contributed by atoms with E-state index in [1.807, 2.05) is 22.9 Å². The lowest BCUT2D eigenvalue weighted by molar-refractivity contribution is -0.151. The highest BCUT2D eigenvalue weighted by Crippen LogP contribution is 2.33. The number of esters is 1. The first kappa shape index (κ1) is 19.8. The van der Waals surface area contributed by atoms with E-state index in [0.29, 0.717) is 29.9 Å². The van der Waals surface area contributed by atoms with Crippen molar-refractivity contribution in [1.82, 2.24) is 14.5 Å². The minimum atomic E-state index is -0.299. The van der Waals surface area contributed by atoms with Gasteiger partial charge in [-0.05, 0) is 31.2 Å². The third kappa shape index (κ3) is 3.97. The highest BCUT2D eigenvalue weighted by atomic mass is 32.1. The van der Waals surface area contributed by atoms with Gasteiger partial charge in [-0.1, -0.05) is 6.07 Å². The van der Waals surface area contributed by atoms with E-state index in [1.54, 1.807) is 23.2 Å². The molecule has 0 aliphatic carbocycles. The molecule has 1 fully saturated rings. The minimum absolute atomic E-state index is 0.0863. The van der Waals surface area contributed by atoms with Crippen molar-refractivity contribution < 1.29 is 14.3 Å². The Kier molecular flexibility index (Phi) is 5.77. The number of fused-ring (bicyclic) bond motifs is 1. The van der Waals surface area contributed by atoms with Crippen LogP contribution in [0.2, 0.25) is 0 Å². The molecule has 152 valence electrons. The molecule has 3 aromatic heterocycles. The molecule has 1 aliphatic heterocycles. The summed E-state index contributed by atoms with van der Waals surface area (Å²) in [6.45, 7) is 2.93. The zero-order valence-electron chi connectivity index (χ0n) is 16.0. The molecule has 29 heavy (non-hydrogen) atoms. The number of nitrogens with zero attached hydrogens (tertiary/aromatic N) is 3. The second kappa shape index (κ2) is 8.46. The number of ether oxygens (including phenoxy) is 1. The number of carbonyl (C=O) groups excluding carboxylic acids is 2. The van der Waals surface area contributed by atoms with E-state index >= 15 is 0 Å². The van der Waals surface area contributed by atoms with Crippen molar-refractivity contribution in [1.29, 1.82) is 0 Å². The van der Waals surface area contributed by atoms with Gasteiger partial charge >= 0.3 is 5.97 Å². The molecule has 7 nitrogen and oxygen atoms in total. The van der Waals surface area contributed by atoms with Crippen molar-refractivity contribution in [2.24, 2.45) is 5.92 Å². The summed E-state index contributed by atoms with van der Waals surface area (Å²) in [5.41, 5.74) is 0.645. The van der Waals surface area contributed by atoms with Gasteiger partial charge in [0, 0.05) is 28.9 Å². The Balaban J connectivity index is 1.55. The van der Waals surface area contributed by atoms with Gasteiger partial charge in [-0.3, -0.25) is 19.0 Å². The molecule has 1 amide bonds. The number of hydrogen-bond acceptors (Lipinski definition) is 7. The summed E-state index contributed by atoms with van der Waals surface area (Å²) < 4.78 is 6.46. The second-order valence-corrected chi connectivity index (χ2v) is 8.72. The van der Waals surface area contributed by atoms with Crippen LogP contribution in [0.4, 0.5) is 0 Å². The molecule has 0 aromatic carbocycles. The van der Waals surface area contributed by atoms with Gasteiger partial charge < -0.3 is 9.64 Å². The normalized spacial score (nSPS) is 16.9. The Hall–Kier alpha value is -2.52. The Bertz CT molecular complexity index is 1090. The molecule has 0 radical (unpaired) electrons. The van der Waals surface area contributed by atoms with Gasteiger partial charge in [-0.25, -0.2) is 4.98 Å². The van der Waals surface area contributed by atoms with E-state index in [1.165, 1.54) is 22.2 Å². The molecule has 3 aromatic rings. The van der Waals surface area contributed by atoms with E-state index < -0.39 is 0 Å². The number of piperidine rings is 1. The summed E-state index contributed by atoms with van der Waals surface area (Å²) in [5.74, 6) is -0.744. The van der Waals surface area contributed by atoms with E-state index in [2.05, 4.69) is 4.98 Å². The number of amides is 1. The summed E-state index contributed by atoms with van der Waals surface area (Å²) in [6, 6.07) is 3.91. The number of likely N-dealkylation sites (tertiary alicyclic amines) is 1. The summed E-state index contributed by atoms with van der Waals surface area (Å²) >= 11 is 2.99. The third-order valence-corrected chi connectivity index (χ3v) is 6.84. The van der Waals surface area contributed by atoms with Gasteiger partial charge in [0.25, 0.3) is 5.56 Å². The maximum atomic E-state index is 13.1. The minimum Gasteiger partial charge on any atom is -0.466 e. The topological polar surface area (TPSA) is 81.5 Å². The predicted octanol–water partition coefficient (Wildman–Crippen LogP) is 2.99. The van der Waals surface area contributed by atoms with Crippen molar-refractivity contribution in [2.45, 2.75) is 26.3 Å². The fraction of sp³-hybridized carbons (Fsp3) is 0.400. The standard InChI is InChI=1S/C20H21N3O4S2/c1-2-27-20(26)13-5-3-7-22(9-13)16(24)10-23-12-21-18-17(19(23)25)14(11-29-18)15-6-4-8-28-15/h4,6,8,11-13H,2-3,5,7,9-10H2,1H3. The molecule has 1 aliphatic rings. The van der Waals surface area contributed by atoms with Gasteiger partial charge in [0.1, 0.15) is 11.4 Å². The highest BCUT2D eigenvalue weighted by molar-refractivity contribution is 7.18. The number of carbonyl (C=O) groups is 2. The van der Waals surface area contributed by atoms with Crippen LogP contribution in [0.1, 0.15) is 19.8 Å². The zero-order valence-corrected chi connectivity index (χ0v) is 17.6.